The quantitative estimate of drug-likeness (QED) is 0.846. The minimum absolute atomic E-state index is 0.141. The molecule has 0 aromatic carbocycles. The molecule has 0 aromatic heterocycles. The van der Waals surface area contributed by atoms with Gasteiger partial charge in [-0.3, -0.25) is 4.79 Å². The standard InChI is InChI=1S/C13H22F2N2O3/c1-16(9-10(14)15)12(20)17(2)13(8-11(18)19)6-4-3-5-7-13/h10H,3-9H2,1-2H3,(H,18,19). The Labute approximate surface area is 117 Å². The van der Waals surface area contributed by atoms with E-state index in [1.807, 2.05) is 0 Å². The first-order valence-corrected chi connectivity index (χ1v) is 6.77. The molecular weight excluding hydrogens is 270 g/mol. The molecule has 116 valence electrons. The lowest BCUT2D eigenvalue weighted by atomic mass is 9.78. The maximum absolute atomic E-state index is 12.4. The van der Waals surface area contributed by atoms with E-state index in [-0.39, 0.29) is 6.42 Å². The van der Waals surface area contributed by atoms with Crippen LogP contribution < -0.4 is 0 Å². The second-order valence-corrected chi connectivity index (χ2v) is 5.47. The molecule has 0 unspecified atom stereocenters. The van der Waals surface area contributed by atoms with Crippen LogP contribution >= 0.6 is 0 Å². The van der Waals surface area contributed by atoms with Gasteiger partial charge in [0.2, 0.25) is 0 Å². The Morgan fingerprint density at radius 3 is 2.20 bits per heavy atom. The van der Waals surface area contributed by atoms with E-state index in [0.29, 0.717) is 12.8 Å². The van der Waals surface area contributed by atoms with Gasteiger partial charge < -0.3 is 14.9 Å². The molecule has 5 nitrogen and oxygen atoms in total. The van der Waals surface area contributed by atoms with E-state index in [2.05, 4.69) is 0 Å². The third-order valence-corrected chi connectivity index (χ3v) is 4.00. The molecule has 2 amide bonds. The highest BCUT2D eigenvalue weighted by Gasteiger charge is 2.41. The Morgan fingerprint density at radius 2 is 1.75 bits per heavy atom. The lowest BCUT2D eigenvalue weighted by Gasteiger charge is -2.45. The highest BCUT2D eigenvalue weighted by atomic mass is 19.3. The second-order valence-electron chi connectivity index (χ2n) is 5.47. The number of halogens is 2. The van der Waals surface area contributed by atoms with Crippen molar-refractivity contribution in [1.82, 2.24) is 9.80 Å². The summed E-state index contributed by atoms with van der Waals surface area (Å²) in [6.45, 7) is -0.647. The molecule has 0 bridgehead atoms. The molecular formula is C13H22F2N2O3. The van der Waals surface area contributed by atoms with Crippen LogP contribution in [0.5, 0.6) is 0 Å². The first-order chi connectivity index (χ1) is 9.28. The zero-order valence-corrected chi connectivity index (χ0v) is 11.9. The molecule has 0 aliphatic heterocycles. The maximum atomic E-state index is 12.4. The largest absolute Gasteiger partial charge is 0.481 e. The van der Waals surface area contributed by atoms with Gasteiger partial charge in [-0.25, -0.2) is 13.6 Å². The normalized spacial score (nSPS) is 17.9. The van der Waals surface area contributed by atoms with Crippen molar-refractivity contribution >= 4 is 12.0 Å². The number of alkyl halides is 2. The lowest BCUT2D eigenvalue weighted by molar-refractivity contribution is -0.140. The Balaban J connectivity index is 2.84. The zero-order valence-electron chi connectivity index (χ0n) is 11.9. The monoisotopic (exact) mass is 292 g/mol. The number of rotatable bonds is 5. The highest BCUT2D eigenvalue weighted by molar-refractivity contribution is 5.76. The summed E-state index contributed by atoms with van der Waals surface area (Å²) in [5.74, 6) is -0.969. The van der Waals surface area contributed by atoms with Crippen LogP contribution in [-0.2, 0) is 4.79 Å². The van der Waals surface area contributed by atoms with Gasteiger partial charge in [0, 0.05) is 14.1 Å². The van der Waals surface area contributed by atoms with Crippen LogP contribution in [0.3, 0.4) is 0 Å². The van der Waals surface area contributed by atoms with Gasteiger partial charge in [0.25, 0.3) is 6.43 Å². The van der Waals surface area contributed by atoms with Crippen LogP contribution in [0.2, 0.25) is 0 Å². The van der Waals surface area contributed by atoms with Gasteiger partial charge in [0.05, 0.1) is 18.5 Å². The number of aliphatic carboxylic acids is 1. The van der Waals surface area contributed by atoms with Crippen molar-refractivity contribution in [1.29, 1.82) is 0 Å². The smallest absolute Gasteiger partial charge is 0.320 e. The molecule has 7 heteroatoms. The molecule has 0 spiro atoms. The Kier molecular flexibility index (Phi) is 5.71. The van der Waals surface area contributed by atoms with Gasteiger partial charge in [-0.1, -0.05) is 19.3 Å². The van der Waals surface area contributed by atoms with Crippen LogP contribution in [0.1, 0.15) is 38.5 Å². The first-order valence-electron chi connectivity index (χ1n) is 6.77. The number of carbonyl (C=O) groups excluding carboxylic acids is 1. The predicted octanol–water partition coefficient (Wildman–Crippen LogP) is 2.41. The van der Waals surface area contributed by atoms with Crippen molar-refractivity contribution in [3.8, 4) is 0 Å². The summed E-state index contributed by atoms with van der Waals surface area (Å²) >= 11 is 0. The summed E-state index contributed by atoms with van der Waals surface area (Å²) < 4.78 is 24.7. The number of carboxylic acid groups (broad SMARTS) is 1. The topological polar surface area (TPSA) is 60.9 Å². The van der Waals surface area contributed by atoms with E-state index in [4.69, 9.17) is 5.11 Å². The summed E-state index contributed by atoms with van der Waals surface area (Å²) in [4.78, 5) is 25.6. The van der Waals surface area contributed by atoms with Gasteiger partial charge in [0.1, 0.15) is 0 Å². The van der Waals surface area contributed by atoms with Gasteiger partial charge >= 0.3 is 12.0 Å². The number of urea groups is 1. The summed E-state index contributed by atoms with van der Waals surface area (Å²) in [7, 11) is 2.82. The van der Waals surface area contributed by atoms with E-state index < -0.39 is 30.5 Å². The van der Waals surface area contributed by atoms with Crippen molar-refractivity contribution in [3.63, 3.8) is 0 Å². The third kappa shape index (κ3) is 4.05. The summed E-state index contributed by atoms with van der Waals surface area (Å²) in [6.07, 6.45) is 1.17. The zero-order chi connectivity index (χ0) is 15.3. The van der Waals surface area contributed by atoms with Gasteiger partial charge in [-0.15, -0.1) is 0 Å². The van der Waals surface area contributed by atoms with E-state index in [9.17, 15) is 18.4 Å². The number of hydrogen-bond acceptors (Lipinski definition) is 2. The summed E-state index contributed by atoms with van der Waals surface area (Å²) in [5, 5.41) is 9.07. The molecule has 1 aliphatic rings. The molecule has 0 aromatic rings. The Bertz CT molecular complexity index is 358. The minimum Gasteiger partial charge on any atom is -0.481 e. The van der Waals surface area contributed by atoms with Crippen LogP contribution in [0.25, 0.3) is 0 Å². The molecule has 1 rings (SSSR count). The molecule has 20 heavy (non-hydrogen) atoms. The molecule has 1 N–H and O–H groups in total. The van der Waals surface area contributed by atoms with Crippen LogP contribution in [0.4, 0.5) is 13.6 Å². The Morgan fingerprint density at radius 1 is 1.20 bits per heavy atom. The second kappa shape index (κ2) is 6.85. The molecule has 0 heterocycles. The molecule has 0 radical (unpaired) electrons. The van der Waals surface area contributed by atoms with E-state index in [1.165, 1.54) is 19.0 Å². The molecule has 1 aliphatic carbocycles. The van der Waals surface area contributed by atoms with Gasteiger partial charge in [-0.2, -0.15) is 0 Å². The fourth-order valence-corrected chi connectivity index (χ4v) is 2.87. The fourth-order valence-electron chi connectivity index (χ4n) is 2.87. The van der Waals surface area contributed by atoms with Crippen LogP contribution in [0.15, 0.2) is 0 Å². The number of hydrogen-bond donors (Lipinski definition) is 1. The highest BCUT2D eigenvalue weighted by Crippen LogP contribution is 2.36. The van der Waals surface area contributed by atoms with E-state index in [1.54, 1.807) is 0 Å². The molecule has 0 atom stereocenters. The van der Waals surface area contributed by atoms with Crippen molar-refractivity contribution in [2.75, 3.05) is 20.6 Å². The minimum atomic E-state index is -2.60. The van der Waals surface area contributed by atoms with Crippen molar-refractivity contribution < 1.29 is 23.5 Å². The predicted molar refractivity (Wildman–Crippen MR) is 69.9 cm³/mol. The van der Waals surface area contributed by atoms with Gasteiger partial charge in [-0.05, 0) is 12.8 Å². The first kappa shape index (κ1) is 16.7. The van der Waals surface area contributed by atoms with Crippen LogP contribution in [0, 0.1) is 0 Å². The molecule has 0 saturated heterocycles. The number of nitrogens with zero attached hydrogens (tertiary/aromatic N) is 2. The Hall–Kier alpha value is -1.40. The SMILES string of the molecule is CN(CC(F)F)C(=O)N(C)C1(CC(=O)O)CCCCC1. The number of carboxylic acids is 1. The summed E-state index contributed by atoms with van der Waals surface area (Å²) in [5.41, 5.74) is -0.752. The third-order valence-electron chi connectivity index (χ3n) is 4.00. The average Bonchev–Trinajstić information content (AvgIpc) is 2.36. The average molecular weight is 292 g/mol. The molecule has 1 fully saturated rings. The van der Waals surface area contributed by atoms with E-state index in [0.717, 1.165) is 24.2 Å². The van der Waals surface area contributed by atoms with Gasteiger partial charge in [0.15, 0.2) is 0 Å². The summed E-state index contributed by atoms with van der Waals surface area (Å²) in [6, 6.07) is -0.548. The fraction of sp³-hybridized carbons (Fsp3) is 0.846. The lowest BCUT2D eigenvalue weighted by Crippen LogP contribution is -2.55. The van der Waals surface area contributed by atoms with Crippen LogP contribution in [-0.4, -0.2) is 59.5 Å². The van der Waals surface area contributed by atoms with Crippen molar-refractivity contribution in [3.05, 3.63) is 0 Å². The van der Waals surface area contributed by atoms with Crippen molar-refractivity contribution in [2.24, 2.45) is 0 Å². The maximum Gasteiger partial charge on any atom is 0.320 e. The number of carbonyl (C=O) groups is 2. The number of amides is 2. The van der Waals surface area contributed by atoms with Crippen molar-refractivity contribution in [2.45, 2.75) is 50.5 Å². The van der Waals surface area contributed by atoms with E-state index >= 15 is 0 Å². The molecule has 1 saturated carbocycles.